The summed E-state index contributed by atoms with van der Waals surface area (Å²) in [6, 6.07) is 11.4. The molecule has 0 radical (unpaired) electrons. The maximum absolute atomic E-state index is 12.7. The lowest BCUT2D eigenvalue weighted by Crippen LogP contribution is -2.48. The molecule has 8 nitrogen and oxygen atoms in total. The van der Waals surface area contributed by atoms with E-state index in [4.69, 9.17) is 10.5 Å². The molecule has 9 heteroatoms. The van der Waals surface area contributed by atoms with Gasteiger partial charge in [-0.15, -0.1) is 0 Å². The number of hydrogen-bond acceptors (Lipinski definition) is 5. The van der Waals surface area contributed by atoms with Crippen molar-refractivity contribution in [3.8, 4) is 5.75 Å². The highest BCUT2D eigenvalue weighted by molar-refractivity contribution is 7.92. The Balaban J connectivity index is 1.89. The number of hydrogen-bond donors (Lipinski definition) is 2. The molecule has 2 aromatic carbocycles. The first-order valence-electron chi connectivity index (χ1n) is 8.12. The largest absolute Gasteiger partial charge is 0.476 e. The third-order valence-electron chi connectivity index (χ3n) is 4.28. The predicted octanol–water partition coefficient (Wildman–Crippen LogP) is 1.26. The molecular weight excluding hydrogens is 370 g/mol. The number of sulfonamides is 1. The second kappa shape index (κ2) is 6.92. The smallest absolute Gasteiger partial charge is 0.267 e. The van der Waals surface area contributed by atoms with Gasteiger partial charge in [0.1, 0.15) is 5.75 Å². The number of nitrogens with two attached hydrogens (primary N) is 1. The lowest BCUT2D eigenvalue weighted by Gasteiger charge is -2.33. The standard InChI is InChI=1S/C18H19N3O5S/c1-11-12(17(19)22)6-5-7-13(11)20-18(23)16-10-21(27(2,24)25)14-8-3-4-9-15(14)26-16/h3-9,16H,10H2,1-2H3,(H2,19,22)(H,20,23). The van der Waals surface area contributed by atoms with E-state index in [0.717, 1.165) is 10.6 Å². The minimum atomic E-state index is -3.59. The SMILES string of the molecule is Cc1c(NC(=O)C2CN(S(C)(=O)=O)c3ccccc3O2)cccc1C(N)=O. The fourth-order valence-electron chi connectivity index (χ4n) is 2.90. The summed E-state index contributed by atoms with van der Waals surface area (Å²) in [6.45, 7) is 1.51. The number of amides is 2. The molecule has 2 amide bonds. The van der Waals surface area contributed by atoms with Crippen molar-refractivity contribution in [2.45, 2.75) is 13.0 Å². The van der Waals surface area contributed by atoms with Gasteiger partial charge >= 0.3 is 0 Å². The normalized spacial score (nSPS) is 16.2. The Labute approximate surface area is 157 Å². The first-order chi connectivity index (χ1) is 12.7. The maximum atomic E-state index is 12.7. The summed E-state index contributed by atoms with van der Waals surface area (Å²) in [4.78, 5) is 24.2. The van der Waals surface area contributed by atoms with Crippen molar-refractivity contribution < 1.29 is 22.7 Å². The fraction of sp³-hybridized carbons (Fsp3) is 0.222. The molecule has 0 saturated heterocycles. The molecule has 0 spiro atoms. The van der Waals surface area contributed by atoms with Gasteiger partial charge in [-0.25, -0.2) is 8.42 Å². The molecule has 142 valence electrons. The Morgan fingerprint density at radius 3 is 2.56 bits per heavy atom. The van der Waals surface area contributed by atoms with E-state index in [1.54, 1.807) is 49.4 Å². The third-order valence-corrected chi connectivity index (χ3v) is 5.43. The molecule has 0 aromatic heterocycles. The van der Waals surface area contributed by atoms with Gasteiger partial charge in [0.15, 0.2) is 6.10 Å². The lowest BCUT2D eigenvalue weighted by atomic mass is 10.1. The zero-order valence-electron chi connectivity index (χ0n) is 14.8. The van der Waals surface area contributed by atoms with E-state index in [-0.39, 0.29) is 6.54 Å². The van der Waals surface area contributed by atoms with Crippen LogP contribution in [-0.2, 0) is 14.8 Å². The van der Waals surface area contributed by atoms with Gasteiger partial charge in [-0.05, 0) is 36.8 Å². The number of rotatable bonds is 4. The van der Waals surface area contributed by atoms with Crippen LogP contribution in [0.4, 0.5) is 11.4 Å². The molecule has 1 unspecified atom stereocenters. The first kappa shape index (κ1) is 18.7. The number of primary amides is 1. The van der Waals surface area contributed by atoms with Gasteiger partial charge in [-0.3, -0.25) is 13.9 Å². The first-order valence-corrected chi connectivity index (χ1v) is 9.97. The third kappa shape index (κ3) is 3.72. The number of anilines is 2. The van der Waals surface area contributed by atoms with Crippen LogP contribution in [0.3, 0.4) is 0 Å². The molecular formula is C18H19N3O5S. The number of nitrogens with one attached hydrogen (secondary N) is 1. The van der Waals surface area contributed by atoms with Gasteiger partial charge in [-0.2, -0.15) is 0 Å². The molecule has 2 aromatic rings. The predicted molar refractivity (Wildman–Crippen MR) is 101 cm³/mol. The number of ether oxygens (including phenoxy) is 1. The zero-order chi connectivity index (χ0) is 19.8. The highest BCUT2D eigenvalue weighted by Crippen LogP contribution is 2.34. The number of fused-ring (bicyclic) bond motifs is 1. The topological polar surface area (TPSA) is 119 Å². The number of carbonyl (C=O) groups excluding carboxylic acids is 2. The van der Waals surface area contributed by atoms with Crippen LogP contribution in [0.1, 0.15) is 15.9 Å². The van der Waals surface area contributed by atoms with Crippen molar-refractivity contribution in [1.29, 1.82) is 0 Å². The average molecular weight is 389 g/mol. The summed E-state index contributed by atoms with van der Waals surface area (Å²) in [5.74, 6) is -0.825. The van der Waals surface area contributed by atoms with Crippen LogP contribution in [0, 0.1) is 6.92 Å². The van der Waals surface area contributed by atoms with Crippen LogP contribution in [0.15, 0.2) is 42.5 Å². The molecule has 0 aliphatic carbocycles. The Morgan fingerprint density at radius 1 is 1.19 bits per heavy atom. The van der Waals surface area contributed by atoms with Crippen molar-refractivity contribution in [3.05, 3.63) is 53.6 Å². The van der Waals surface area contributed by atoms with Gasteiger partial charge < -0.3 is 15.8 Å². The number of benzene rings is 2. The fourth-order valence-corrected chi connectivity index (χ4v) is 3.82. The van der Waals surface area contributed by atoms with E-state index in [0.29, 0.717) is 28.3 Å². The minimum Gasteiger partial charge on any atom is -0.476 e. The highest BCUT2D eigenvalue weighted by atomic mass is 32.2. The van der Waals surface area contributed by atoms with E-state index < -0.39 is 27.9 Å². The van der Waals surface area contributed by atoms with E-state index >= 15 is 0 Å². The average Bonchev–Trinajstić information content (AvgIpc) is 2.61. The summed E-state index contributed by atoms with van der Waals surface area (Å²) in [5.41, 5.74) is 6.93. The monoisotopic (exact) mass is 389 g/mol. The van der Waals surface area contributed by atoms with Crippen molar-refractivity contribution in [2.75, 3.05) is 22.4 Å². The van der Waals surface area contributed by atoms with Gasteiger partial charge in [0.2, 0.25) is 15.9 Å². The minimum absolute atomic E-state index is 0.157. The zero-order valence-corrected chi connectivity index (χ0v) is 15.6. The Bertz CT molecular complexity index is 1020. The summed E-state index contributed by atoms with van der Waals surface area (Å²) in [5, 5.41) is 2.68. The Hall–Kier alpha value is -3.07. The summed E-state index contributed by atoms with van der Waals surface area (Å²) < 4.78 is 31.1. The molecule has 0 fully saturated rings. The molecule has 3 N–H and O–H groups in total. The molecule has 1 heterocycles. The highest BCUT2D eigenvalue weighted by Gasteiger charge is 2.35. The van der Waals surface area contributed by atoms with Crippen LogP contribution < -0.4 is 20.1 Å². The van der Waals surface area contributed by atoms with E-state index in [2.05, 4.69) is 5.32 Å². The molecule has 1 aliphatic rings. The Kier molecular flexibility index (Phi) is 4.79. The van der Waals surface area contributed by atoms with E-state index in [1.807, 2.05) is 0 Å². The molecule has 1 aliphatic heterocycles. The van der Waals surface area contributed by atoms with Crippen molar-refractivity contribution >= 4 is 33.2 Å². The van der Waals surface area contributed by atoms with Crippen molar-refractivity contribution in [2.24, 2.45) is 5.73 Å². The van der Waals surface area contributed by atoms with Crippen LogP contribution in [0.25, 0.3) is 0 Å². The molecule has 1 atom stereocenters. The van der Waals surface area contributed by atoms with Gasteiger partial charge in [0.25, 0.3) is 5.91 Å². The quantitative estimate of drug-likeness (QED) is 0.816. The summed E-state index contributed by atoms with van der Waals surface area (Å²) >= 11 is 0. The second-order valence-electron chi connectivity index (χ2n) is 6.20. The summed E-state index contributed by atoms with van der Waals surface area (Å²) in [7, 11) is -3.59. The molecule has 0 saturated carbocycles. The van der Waals surface area contributed by atoms with Gasteiger partial charge in [0, 0.05) is 11.3 Å². The van der Waals surface area contributed by atoms with Crippen molar-refractivity contribution in [3.63, 3.8) is 0 Å². The van der Waals surface area contributed by atoms with Gasteiger partial charge in [0.05, 0.1) is 18.5 Å². The number of carbonyl (C=O) groups is 2. The number of nitrogens with zero attached hydrogens (tertiary/aromatic N) is 1. The van der Waals surface area contributed by atoms with Crippen LogP contribution in [-0.4, -0.2) is 39.1 Å². The lowest BCUT2D eigenvalue weighted by molar-refractivity contribution is -0.122. The maximum Gasteiger partial charge on any atom is 0.267 e. The molecule has 0 bridgehead atoms. The van der Waals surface area contributed by atoms with Gasteiger partial charge in [-0.1, -0.05) is 18.2 Å². The van der Waals surface area contributed by atoms with E-state index in [9.17, 15) is 18.0 Å². The second-order valence-corrected chi connectivity index (χ2v) is 8.11. The van der Waals surface area contributed by atoms with Crippen LogP contribution in [0.2, 0.25) is 0 Å². The summed E-state index contributed by atoms with van der Waals surface area (Å²) in [6.07, 6.45) is 0.0242. The van der Waals surface area contributed by atoms with Crippen LogP contribution in [0.5, 0.6) is 5.75 Å². The molecule has 27 heavy (non-hydrogen) atoms. The van der Waals surface area contributed by atoms with Crippen molar-refractivity contribution in [1.82, 2.24) is 0 Å². The number of para-hydroxylation sites is 2. The Morgan fingerprint density at radius 2 is 1.89 bits per heavy atom. The van der Waals surface area contributed by atoms with E-state index in [1.165, 1.54) is 0 Å². The molecule has 3 rings (SSSR count). The van der Waals surface area contributed by atoms with Crippen LogP contribution >= 0.6 is 0 Å².